The molecule has 2 aromatic rings. The van der Waals surface area contributed by atoms with E-state index in [0.29, 0.717) is 31.7 Å². The Morgan fingerprint density at radius 2 is 2.00 bits per heavy atom. The van der Waals surface area contributed by atoms with Gasteiger partial charge in [0.2, 0.25) is 11.8 Å². The predicted octanol–water partition coefficient (Wildman–Crippen LogP) is 2.54. The van der Waals surface area contributed by atoms with Gasteiger partial charge in [0.15, 0.2) is 0 Å². The van der Waals surface area contributed by atoms with Crippen molar-refractivity contribution >= 4 is 11.8 Å². The first-order valence-electron chi connectivity index (χ1n) is 9.86. The van der Waals surface area contributed by atoms with Crippen LogP contribution in [0.1, 0.15) is 24.2 Å². The molecule has 3 rings (SSSR count). The molecule has 0 saturated carbocycles. The number of hydrogen-bond acceptors (Lipinski definition) is 5. The molecule has 1 saturated heterocycles. The van der Waals surface area contributed by atoms with Crippen LogP contribution in [-0.2, 0) is 20.7 Å². The lowest BCUT2D eigenvalue weighted by Crippen LogP contribution is -2.54. The van der Waals surface area contributed by atoms with E-state index in [2.05, 4.69) is 5.16 Å². The van der Waals surface area contributed by atoms with Gasteiger partial charge >= 0.3 is 0 Å². The number of hydrogen-bond donors (Lipinski definition) is 0. The normalized spacial score (nSPS) is 19.2. The standard InChI is InChI=1S/C22H29N3O4/c1-16-6-8-17(9-7-16)19-12-18(29-23-19)13-22(21(27)24(2)3)10-5-11-25(15-22)20(26)14-28-4/h6-9,12H,5,10-11,13-15H2,1-4H3/t22-/m0/s1. The highest BCUT2D eigenvalue weighted by molar-refractivity contribution is 5.85. The zero-order chi connectivity index (χ0) is 21.0. The number of carbonyl (C=O) groups is 2. The number of nitrogens with zero attached hydrogens (tertiary/aromatic N) is 3. The molecule has 0 aliphatic carbocycles. The van der Waals surface area contributed by atoms with Crippen LogP contribution >= 0.6 is 0 Å². The summed E-state index contributed by atoms with van der Waals surface area (Å²) in [6, 6.07) is 9.96. The van der Waals surface area contributed by atoms with Crippen LogP contribution in [0.15, 0.2) is 34.9 Å². The maximum absolute atomic E-state index is 13.2. The molecule has 1 fully saturated rings. The number of piperidine rings is 1. The van der Waals surface area contributed by atoms with Crippen molar-refractivity contribution < 1.29 is 18.8 Å². The largest absolute Gasteiger partial charge is 0.375 e. The van der Waals surface area contributed by atoms with Gasteiger partial charge in [-0.05, 0) is 19.8 Å². The van der Waals surface area contributed by atoms with Gasteiger partial charge in [0.1, 0.15) is 18.1 Å². The highest BCUT2D eigenvalue weighted by Crippen LogP contribution is 2.36. The quantitative estimate of drug-likeness (QED) is 0.746. The van der Waals surface area contributed by atoms with Crippen LogP contribution in [0.5, 0.6) is 0 Å². The van der Waals surface area contributed by atoms with Crippen LogP contribution in [0.4, 0.5) is 0 Å². The first kappa shape index (κ1) is 21.0. The first-order chi connectivity index (χ1) is 13.8. The maximum Gasteiger partial charge on any atom is 0.248 e. The average molecular weight is 399 g/mol. The molecule has 0 spiro atoms. The molecule has 156 valence electrons. The van der Waals surface area contributed by atoms with Crippen LogP contribution in [0.25, 0.3) is 11.3 Å². The van der Waals surface area contributed by atoms with E-state index in [0.717, 1.165) is 17.7 Å². The number of carbonyl (C=O) groups excluding carboxylic acids is 2. The number of aryl methyl sites for hydroxylation is 1. The van der Waals surface area contributed by atoms with Gasteiger partial charge in [0, 0.05) is 52.3 Å². The average Bonchev–Trinajstić information content (AvgIpc) is 3.16. The molecule has 2 heterocycles. The van der Waals surface area contributed by atoms with E-state index in [9.17, 15) is 9.59 Å². The van der Waals surface area contributed by atoms with Crippen molar-refractivity contribution in [3.63, 3.8) is 0 Å². The minimum atomic E-state index is -0.727. The number of aromatic nitrogens is 1. The summed E-state index contributed by atoms with van der Waals surface area (Å²) < 4.78 is 10.6. The van der Waals surface area contributed by atoms with Gasteiger partial charge in [-0.15, -0.1) is 0 Å². The van der Waals surface area contributed by atoms with Gasteiger partial charge in [-0.2, -0.15) is 0 Å². The predicted molar refractivity (Wildman–Crippen MR) is 109 cm³/mol. The van der Waals surface area contributed by atoms with Gasteiger partial charge in [-0.3, -0.25) is 9.59 Å². The Morgan fingerprint density at radius 1 is 1.28 bits per heavy atom. The van der Waals surface area contributed by atoms with Crippen molar-refractivity contribution in [2.45, 2.75) is 26.2 Å². The van der Waals surface area contributed by atoms with Crippen molar-refractivity contribution in [1.29, 1.82) is 0 Å². The molecular formula is C22H29N3O4. The second-order valence-corrected chi connectivity index (χ2v) is 8.05. The summed E-state index contributed by atoms with van der Waals surface area (Å²) in [5.74, 6) is 0.554. The van der Waals surface area contributed by atoms with Gasteiger partial charge in [-0.1, -0.05) is 35.0 Å². The highest BCUT2D eigenvalue weighted by atomic mass is 16.5. The molecule has 0 N–H and O–H groups in total. The van der Waals surface area contributed by atoms with Crippen molar-refractivity contribution in [3.05, 3.63) is 41.7 Å². The molecule has 0 unspecified atom stereocenters. The molecule has 29 heavy (non-hydrogen) atoms. The van der Waals surface area contributed by atoms with Crippen LogP contribution < -0.4 is 0 Å². The molecule has 0 bridgehead atoms. The molecule has 1 aromatic heterocycles. The van der Waals surface area contributed by atoms with E-state index in [1.54, 1.807) is 23.9 Å². The fraction of sp³-hybridized carbons (Fsp3) is 0.500. The van der Waals surface area contributed by atoms with Gasteiger partial charge in [-0.25, -0.2) is 0 Å². The van der Waals surface area contributed by atoms with Crippen LogP contribution in [-0.4, -0.2) is 67.7 Å². The maximum atomic E-state index is 13.2. The lowest BCUT2D eigenvalue weighted by atomic mass is 9.75. The SMILES string of the molecule is COCC(=O)N1CCC[C@@](Cc2cc(-c3ccc(C)cc3)no2)(C(=O)N(C)C)C1. The summed E-state index contributed by atoms with van der Waals surface area (Å²) >= 11 is 0. The second-order valence-electron chi connectivity index (χ2n) is 8.05. The monoisotopic (exact) mass is 399 g/mol. The number of amides is 2. The summed E-state index contributed by atoms with van der Waals surface area (Å²) in [5, 5.41) is 4.20. The molecule has 1 aromatic carbocycles. The minimum absolute atomic E-state index is 0.000651. The van der Waals surface area contributed by atoms with Crippen molar-refractivity contribution in [1.82, 2.24) is 15.0 Å². The molecule has 2 amide bonds. The third-order valence-electron chi connectivity index (χ3n) is 5.48. The third kappa shape index (κ3) is 4.67. The van der Waals surface area contributed by atoms with Crippen molar-refractivity contribution in [2.24, 2.45) is 5.41 Å². The Kier molecular flexibility index (Phi) is 6.37. The zero-order valence-corrected chi connectivity index (χ0v) is 17.6. The van der Waals surface area contributed by atoms with E-state index in [-0.39, 0.29) is 18.4 Å². The molecule has 1 aliphatic rings. The zero-order valence-electron chi connectivity index (χ0n) is 17.6. The van der Waals surface area contributed by atoms with Crippen LogP contribution in [0, 0.1) is 12.3 Å². The minimum Gasteiger partial charge on any atom is -0.375 e. The Labute approximate surface area is 171 Å². The number of rotatable bonds is 6. The van der Waals surface area contributed by atoms with E-state index in [4.69, 9.17) is 9.26 Å². The molecule has 7 nitrogen and oxygen atoms in total. The molecular weight excluding hydrogens is 370 g/mol. The number of methoxy groups -OCH3 is 1. The Bertz CT molecular complexity index is 859. The summed E-state index contributed by atoms with van der Waals surface area (Å²) in [5.41, 5.74) is 2.17. The van der Waals surface area contributed by atoms with Crippen molar-refractivity contribution in [3.8, 4) is 11.3 Å². The molecule has 1 aliphatic heterocycles. The fourth-order valence-electron chi connectivity index (χ4n) is 4.02. The Morgan fingerprint density at radius 3 is 2.66 bits per heavy atom. The van der Waals surface area contributed by atoms with Gasteiger partial charge < -0.3 is 19.1 Å². The summed E-state index contributed by atoms with van der Waals surface area (Å²) in [6.07, 6.45) is 1.86. The number of likely N-dealkylation sites (tertiary alicyclic amines) is 1. The first-order valence-corrected chi connectivity index (χ1v) is 9.86. The van der Waals surface area contributed by atoms with E-state index in [1.807, 2.05) is 37.3 Å². The van der Waals surface area contributed by atoms with E-state index < -0.39 is 5.41 Å². The van der Waals surface area contributed by atoms with Crippen molar-refractivity contribution in [2.75, 3.05) is 40.9 Å². The van der Waals surface area contributed by atoms with Gasteiger partial charge in [0.25, 0.3) is 0 Å². The van der Waals surface area contributed by atoms with E-state index >= 15 is 0 Å². The summed E-state index contributed by atoms with van der Waals surface area (Å²) in [4.78, 5) is 28.9. The van der Waals surface area contributed by atoms with Gasteiger partial charge in [0.05, 0.1) is 5.41 Å². The molecule has 7 heteroatoms. The Hall–Kier alpha value is -2.67. The lowest BCUT2D eigenvalue weighted by Gasteiger charge is -2.42. The number of ether oxygens (including phenoxy) is 1. The second kappa shape index (κ2) is 8.78. The van der Waals surface area contributed by atoms with Crippen LogP contribution in [0.3, 0.4) is 0 Å². The number of benzene rings is 1. The summed E-state index contributed by atoms with van der Waals surface area (Å²) in [7, 11) is 5.00. The topological polar surface area (TPSA) is 75.9 Å². The summed E-state index contributed by atoms with van der Waals surface area (Å²) in [6.45, 7) is 3.04. The smallest absolute Gasteiger partial charge is 0.248 e. The highest BCUT2D eigenvalue weighted by Gasteiger charge is 2.45. The molecule has 1 atom stereocenters. The Balaban J connectivity index is 1.85. The fourth-order valence-corrected chi connectivity index (χ4v) is 4.02. The van der Waals surface area contributed by atoms with Crippen LogP contribution in [0.2, 0.25) is 0 Å². The third-order valence-corrected chi connectivity index (χ3v) is 5.48. The lowest BCUT2D eigenvalue weighted by molar-refractivity contribution is -0.149. The van der Waals surface area contributed by atoms with E-state index in [1.165, 1.54) is 12.7 Å². The molecule has 0 radical (unpaired) electrons.